The van der Waals surface area contributed by atoms with Crippen molar-refractivity contribution in [3.63, 3.8) is 0 Å². The van der Waals surface area contributed by atoms with Gasteiger partial charge >= 0.3 is 0 Å². The summed E-state index contributed by atoms with van der Waals surface area (Å²) >= 11 is 0.977. The number of imide groups is 1. The van der Waals surface area contributed by atoms with E-state index in [0.717, 1.165) is 30.2 Å². The number of methoxy groups -OCH3 is 1. The summed E-state index contributed by atoms with van der Waals surface area (Å²) in [5.74, 6) is 1.00. The molecule has 1 aliphatic heterocycles. The average molecular weight is 397 g/mol. The summed E-state index contributed by atoms with van der Waals surface area (Å²) in [5, 5.41) is -0.220. The van der Waals surface area contributed by atoms with Crippen LogP contribution in [0.1, 0.15) is 24.5 Å². The zero-order valence-corrected chi connectivity index (χ0v) is 16.8. The Balaban J connectivity index is 1.67. The maximum atomic E-state index is 12.6. The summed E-state index contributed by atoms with van der Waals surface area (Å²) in [6, 6.07) is 15.5. The zero-order chi connectivity index (χ0) is 19.9. The lowest BCUT2D eigenvalue weighted by Gasteiger charge is -2.12. The van der Waals surface area contributed by atoms with Gasteiger partial charge in [0.15, 0.2) is 11.5 Å². The Morgan fingerprint density at radius 2 is 1.86 bits per heavy atom. The lowest BCUT2D eigenvalue weighted by molar-refractivity contribution is -0.122. The summed E-state index contributed by atoms with van der Waals surface area (Å²) in [4.78, 5) is 26.7. The molecule has 0 spiro atoms. The first-order valence-electron chi connectivity index (χ1n) is 9.22. The van der Waals surface area contributed by atoms with E-state index < -0.39 is 0 Å². The van der Waals surface area contributed by atoms with Crippen molar-refractivity contribution in [2.75, 3.05) is 20.3 Å². The van der Waals surface area contributed by atoms with Crippen LogP contribution >= 0.6 is 11.8 Å². The molecule has 0 aliphatic carbocycles. The number of hydrogen-bond donors (Lipinski definition) is 0. The number of benzene rings is 2. The van der Waals surface area contributed by atoms with Crippen LogP contribution in [0.4, 0.5) is 4.79 Å². The molecule has 3 rings (SSSR count). The Morgan fingerprint density at radius 3 is 2.57 bits per heavy atom. The predicted molar refractivity (Wildman–Crippen MR) is 112 cm³/mol. The molecule has 2 aromatic rings. The van der Waals surface area contributed by atoms with Gasteiger partial charge in [-0.2, -0.15) is 0 Å². The number of rotatable bonds is 8. The topological polar surface area (TPSA) is 55.8 Å². The van der Waals surface area contributed by atoms with Crippen LogP contribution in [0, 0.1) is 0 Å². The second kappa shape index (κ2) is 9.46. The Hall–Kier alpha value is -2.73. The first-order chi connectivity index (χ1) is 13.6. The number of carbonyl (C=O) groups excluding carboxylic acids is 2. The molecule has 0 aromatic heterocycles. The van der Waals surface area contributed by atoms with Crippen LogP contribution in [0.2, 0.25) is 0 Å². The maximum Gasteiger partial charge on any atom is 0.293 e. The summed E-state index contributed by atoms with van der Waals surface area (Å²) in [6.45, 7) is 2.86. The number of nitrogens with zero attached hydrogens (tertiary/aromatic N) is 1. The molecule has 0 radical (unpaired) electrons. The van der Waals surface area contributed by atoms with E-state index in [1.165, 1.54) is 10.5 Å². The van der Waals surface area contributed by atoms with Crippen molar-refractivity contribution in [2.45, 2.75) is 19.8 Å². The third-order valence-corrected chi connectivity index (χ3v) is 5.26. The fourth-order valence-electron chi connectivity index (χ4n) is 2.98. The van der Waals surface area contributed by atoms with Gasteiger partial charge < -0.3 is 9.47 Å². The standard InChI is InChI=1S/C22H23NO4S/c1-3-27-18-12-11-17(14-19(18)26-2)15-20-21(24)23(22(25)28-20)13-7-10-16-8-5-4-6-9-16/h4-6,8-9,11-12,14-15H,3,7,10,13H2,1-2H3/b20-15+. The Kier molecular flexibility index (Phi) is 6.76. The summed E-state index contributed by atoms with van der Waals surface area (Å²) in [7, 11) is 1.57. The highest BCUT2D eigenvalue weighted by Gasteiger charge is 2.34. The van der Waals surface area contributed by atoms with Gasteiger partial charge in [-0.3, -0.25) is 14.5 Å². The van der Waals surface area contributed by atoms with Crippen LogP contribution in [-0.4, -0.2) is 36.3 Å². The van der Waals surface area contributed by atoms with Gasteiger partial charge in [-0.15, -0.1) is 0 Å². The second-order valence-corrected chi connectivity index (χ2v) is 7.26. The molecule has 6 heteroatoms. The van der Waals surface area contributed by atoms with Gasteiger partial charge in [0.25, 0.3) is 11.1 Å². The molecular weight excluding hydrogens is 374 g/mol. The molecule has 5 nitrogen and oxygen atoms in total. The number of aryl methyl sites for hydroxylation is 1. The Labute approximate surface area is 169 Å². The molecule has 0 atom stereocenters. The van der Waals surface area contributed by atoms with Crippen LogP contribution in [0.5, 0.6) is 11.5 Å². The van der Waals surface area contributed by atoms with Gasteiger partial charge in [-0.1, -0.05) is 36.4 Å². The molecule has 1 fully saturated rings. The van der Waals surface area contributed by atoms with Gasteiger partial charge in [0.1, 0.15) is 0 Å². The van der Waals surface area contributed by atoms with Crippen molar-refractivity contribution in [1.29, 1.82) is 0 Å². The smallest absolute Gasteiger partial charge is 0.293 e. The fourth-order valence-corrected chi connectivity index (χ4v) is 3.84. The Bertz CT molecular complexity index is 879. The van der Waals surface area contributed by atoms with E-state index in [9.17, 15) is 9.59 Å². The molecule has 0 saturated carbocycles. The van der Waals surface area contributed by atoms with Crippen LogP contribution < -0.4 is 9.47 Å². The molecule has 2 amide bonds. The first kappa shape index (κ1) is 20.0. The van der Waals surface area contributed by atoms with Crippen molar-refractivity contribution >= 4 is 29.0 Å². The van der Waals surface area contributed by atoms with Gasteiger partial charge in [-0.05, 0) is 60.9 Å². The molecular formula is C22H23NO4S. The van der Waals surface area contributed by atoms with E-state index in [1.807, 2.05) is 43.3 Å². The summed E-state index contributed by atoms with van der Waals surface area (Å²) in [5.41, 5.74) is 1.99. The van der Waals surface area contributed by atoms with Crippen LogP contribution in [0.25, 0.3) is 6.08 Å². The number of hydrogen-bond acceptors (Lipinski definition) is 5. The van der Waals surface area contributed by atoms with Crippen molar-refractivity contribution < 1.29 is 19.1 Å². The van der Waals surface area contributed by atoms with E-state index in [4.69, 9.17) is 9.47 Å². The SMILES string of the molecule is CCOc1ccc(/C=C2/SC(=O)N(CCCc3ccccc3)C2=O)cc1OC. The maximum absolute atomic E-state index is 12.6. The molecule has 2 aromatic carbocycles. The van der Waals surface area contributed by atoms with Crippen LogP contribution in [0.15, 0.2) is 53.4 Å². The molecule has 1 heterocycles. The van der Waals surface area contributed by atoms with E-state index in [1.54, 1.807) is 25.3 Å². The van der Waals surface area contributed by atoms with Gasteiger partial charge in [0.2, 0.25) is 0 Å². The second-order valence-electron chi connectivity index (χ2n) is 6.27. The number of ether oxygens (including phenoxy) is 2. The van der Waals surface area contributed by atoms with Crippen LogP contribution in [-0.2, 0) is 11.2 Å². The molecule has 1 aliphatic rings. The highest BCUT2D eigenvalue weighted by molar-refractivity contribution is 8.18. The number of carbonyl (C=O) groups is 2. The number of amides is 2. The lowest BCUT2D eigenvalue weighted by Crippen LogP contribution is -2.29. The van der Waals surface area contributed by atoms with Crippen molar-refractivity contribution in [3.05, 3.63) is 64.6 Å². The molecule has 0 bridgehead atoms. The molecule has 0 unspecified atom stereocenters. The van der Waals surface area contributed by atoms with Gasteiger partial charge in [-0.25, -0.2) is 0 Å². The van der Waals surface area contributed by atoms with Gasteiger partial charge in [0.05, 0.1) is 18.6 Å². The third-order valence-electron chi connectivity index (χ3n) is 4.35. The zero-order valence-electron chi connectivity index (χ0n) is 16.0. The minimum absolute atomic E-state index is 0.220. The highest BCUT2D eigenvalue weighted by atomic mass is 32.2. The van der Waals surface area contributed by atoms with E-state index in [-0.39, 0.29) is 11.1 Å². The molecule has 146 valence electrons. The predicted octanol–water partition coefficient (Wildman–Crippen LogP) is 4.76. The van der Waals surface area contributed by atoms with E-state index in [0.29, 0.717) is 29.6 Å². The van der Waals surface area contributed by atoms with Gasteiger partial charge in [0, 0.05) is 6.54 Å². The van der Waals surface area contributed by atoms with E-state index in [2.05, 4.69) is 0 Å². The normalized spacial score (nSPS) is 15.4. The van der Waals surface area contributed by atoms with Crippen molar-refractivity contribution in [2.24, 2.45) is 0 Å². The lowest BCUT2D eigenvalue weighted by atomic mass is 10.1. The highest BCUT2D eigenvalue weighted by Crippen LogP contribution is 2.34. The summed E-state index contributed by atoms with van der Waals surface area (Å²) in [6.07, 6.45) is 3.30. The van der Waals surface area contributed by atoms with Crippen molar-refractivity contribution in [1.82, 2.24) is 4.90 Å². The van der Waals surface area contributed by atoms with Crippen LogP contribution in [0.3, 0.4) is 0 Å². The molecule has 0 N–H and O–H groups in total. The average Bonchev–Trinajstić information content (AvgIpc) is 2.97. The first-order valence-corrected chi connectivity index (χ1v) is 10.0. The molecule has 28 heavy (non-hydrogen) atoms. The Morgan fingerprint density at radius 1 is 1.07 bits per heavy atom. The largest absolute Gasteiger partial charge is 0.493 e. The summed E-state index contributed by atoms with van der Waals surface area (Å²) < 4.78 is 10.9. The quantitative estimate of drug-likeness (QED) is 0.601. The minimum atomic E-state index is -0.240. The van der Waals surface area contributed by atoms with Crippen molar-refractivity contribution in [3.8, 4) is 11.5 Å². The van der Waals surface area contributed by atoms with E-state index >= 15 is 0 Å². The monoisotopic (exact) mass is 397 g/mol. The number of thioether (sulfide) groups is 1. The fraction of sp³-hybridized carbons (Fsp3) is 0.273. The third kappa shape index (κ3) is 4.75. The minimum Gasteiger partial charge on any atom is -0.493 e. The molecule has 1 saturated heterocycles.